The van der Waals surface area contributed by atoms with Crippen molar-refractivity contribution in [1.29, 1.82) is 0 Å². The molecular weight excluding hydrogens is 134 g/mol. The summed E-state index contributed by atoms with van der Waals surface area (Å²) in [6, 6.07) is 0. The van der Waals surface area contributed by atoms with Crippen LogP contribution >= 0.6 is 0 Å². The van der Waals surface area contributed by atoms with Gasteiger partial charge in [0, 0.05) is 13.2 Å². The fourth-order valence-corrected chi connectivity index (χ4v) is 0.873. The summed E-state index contributed by atoms with van der Waals surface area (Å²) in [6.45, 7) is 1.82. The molecule has 0 aromatic carbocycles. The molecule has 1 rings (SSSR count). The van der Waals surface area contributed by atoms with E-state index >= 15 is 0 Å². The zero-order valence-corrected chi connectivity index (χ0v) is 5.67. The van der Waals surface area contributed by atoms with Gasteiger partial charge in [0.05, 0.1) is 0 Å². The van der Waals surface area contributed by atoms with Gasteiger partial charge in [0.2, 0.25) is 0 Å². The second-order valence-electron chi connectivity index (χ2n) is 2.26. The Hall–Kier alpha value is -0.610. The van der Waals surface area contributed by atoms with E-state index in [0.29, 0.717) is 13.2 Å². The van der Waals surface area contributed by atoms with Crippen LogP contribution in [0.25, 0.3) is 0 Å². The molecule has 58 valence electrons. The molecule has 4 heteroatoms. The van der Waals surface area contributed by atoms with Crippen LogP contribution in [0.15, 0.2) is 0 Å². The summed E-state index contributed by atoms with van der Waals surface area (Å²) < 4.78 is 5.00. The zero-order chi connectivity index (χ0) is 7.40. The van der Waals surface area contributed by atoms with E-state index in [1.54, 1.807) is 0 Å². The van der Waals surface area contributed by atoms with Gasteiger partial charge >= 0.3 is 5.97 Å². The van der Waals surface area contributed by atoms with E-state index in [1.165, 1.54) is 0 Å². The number of aliphatic carboxylic acids is 1. The van der Waals surface area contributed by atoms with Crippen LogP contribution in [0, 0.1) is 0 Å². The third-order valence-corrected chi connectivity index (χ3v) is 1.42. The second-order valence-corrected chi connectivity index (χ2v) is 2.26. The minimum Gasteiger partial charge on any atom is -0.479 e. The molecule has 0 aromatic heterocycles. The van der Waals surface area contributed by atoms with Gasteiger partial charge in [0.25, 0.3) is 0 Å². The van der Waals surface area contributed by atoms with Crippen LogP contribution in [-0.2, 0) is 9.53 Å². The Morgan fingerprint density at radius 2 is 2.50 bits per heavy atom. The molecule has 0 spiro atoms. The lowest BCUT2D eigenvalue weighted by Crippen LogP contribution is -2.32. The minimum atomic E-state index is -0.880. The number of hydrogen-bond donors (Lipinski definition) is 2. The zero-order valence-electron chi connectivity index (χ0n) is 5.67. The van der Waals surface area contributed by atoms with Gasteiger partial charge in [-0.2, -0.15) is 0 Å². The van der Waals surface area contributed by atoms with Gasteiger partial charge < -0.3 is 15.2 Å². The van der Waals surface area contributed by atoms with Crippen molar-refractivity contribution in [3.63, 3.8) is 0 Å². The molecule has 2 N–H and O–H groups in total. The summed E-state index contributed by atoms with van der Waals surface area (Å²) >= 11 is 0. The van der Waals surface area contributed by atoms with Crippen molar-refractivity contribution in [2.45, 2.75) is 12.5 Å². The van der Waals surface area contributed by atoms with Gasteiger partial charge in [0.1, 0.15) is 0 Å². The fourth-order valence-electron chi connectivity index (χ4n) is 0.873. The molecule has 0 amide bonds. The molecule has 10 heavy (non-hydrogen) atoms. The summed E-state index contributed by atoms with van der Waals surface area (Å²) in [5.74, 6) is -0.880. The number of carboxylic acid groups (broad SMARTS) is 1. The van der Waals surface area contributed by atoms with Crippen molar-refractivity contribution in [2.75, 3.05) is 19.7 Å². The van der Waals surface area contributed by atoms with Crippen LogP contribution in [0.3, 0.4) is 0 Å². The highest BCUT2D eigenvalue weighted by Gasteiger charge is 2.18. The smallest absolute Gasteiger partial charge is 0.334 e. The molecule has 0 radical (unpaired) electrons. The Bertz CT molecular complexity index is 118. The highest BCUT2D eigenvalue weighted by Crippen LogP contribution is 1.96. The number of nitrogens with one attached hydrogen (secondary N) is 1. The standard InChI is InChI=1S/C6H11NO3/c8-6(9)5-4-7-2-1-3-10-5/h5,7H,1-4H2,(H,8,9). The minimum absolute atomic E-state index is 0.426. The monoisotopic (exact) mass is 145 g/mol. The topological polar surface area (TPSA) is 58.6 Å². The maximum Gasteiger partial charge on any atom is 0.334 e. The van der Waals surface area contributed by atoms with Crippen molar-refractivity contribution in [3.8, 4) is 0 Å². The SMILES string of the molecule is O=C(O)C1CNCCCO1. The molecule has 1 unspecified atom stereocenters. The summed E-state index contributed by atoms with van der Waals surface area (Å²) in [5, 5.41) is 11.5. The summed E-state index contributed by atoms with van der Waals surface area (Å²) in [5.41, 5.74) is 0. The molecule has 4 nitrogen and oxygen atoms in total. The maximum atomic E-state index is 10.3. The summed E-state index contributed by atoms with van der Waals surface area (Å²) in [4.78, 5) is 10.3. The highest BCUT2D eigenvalue weighted by molar-refractivity contribution is 5.72. The lowest BCUT2D eigenvalue weighted by molar-refractivity contribution is -0.149. The first-order chi connectivity index (χ1) is 4.80. The Morgan fingerprint density at radius 3 is 3.20 bits per heavy atom. The van der Waals surface area contributed by atoms with Crippen molar-refractivity contribution in [3.05, 3.63) is 0 Å². The first kappa shape index (κ1) is 7.50. The van der Waals surface area contributed by atoms with E-state index < -0.39 is 12.1 Å². The molecule has 0 bridgehead atoms. The first-order valence-corrected chi connectivity index (χ1v) is 3.36. The van der Waals surface area contributed by atoms with E-state index in [0.717, 1.165) is 13.0 Å². The molecule has 1 atom stereocenters. The Balaban J connectivity index is 2.35. The van der Waals surface area contributed by atoms with Crippen molar-refractivity contribution in [2.24, 2.45) is 0 Å². The second kappa shape index (κ2) is 3.53. The van der Waals surface area contributed by atoms with Crippen LogP contribution < -0.4 is 5.32 Å². The van der Waals surface area contributed by atoms with E-state index in [4.69, 9.17) is 9.84 Å². The molecule has 0 saturated carbocycles. The predicted molar refractivity (Wildman–Crippen MR) is 34.9 cm³/mol. The molecule has 1 heterocycles. The first-order valence-electron chi connectivity index (χ1n) is 3.36. The molecule has 1 saturated heterocycles. The number of ether oxygens (including phenoxy) is 1. The van der Waals surface area contributed by atoms with Gasteiger partial charge in [0.15, 0.2) is 6.10 Å². The lowest BCUT2D eigenvalue weighted by atomic mass is 10.3. The molecular formula is C6H11NO3. The maximum absolute atomic E-state index is 10.3. The Morgan fingerprint density at radius 1 is 1.70 bits per heavy atom. The van der Waals surface area contributed by atoms with Crippen molar-refractivity contribution >= 4 is 5.97 Å². The average Bonchev–Trinajstić information content (AvgIpc) is 2.12. The molecule has 1 aliphatic heterocycles. The average molecular weight is 145 g/mol. The lowest BCUT2D eigenvalue weighted by Gasteiger charge is -2.07. The summed E-state index contributed by atoms with van der Waals surface area (Å²) in [7, 11) is 0. The van der Waals surface area contributed by atoms with Crippen LogP contribution in [0.5, 0.6) is 0 Å². The third kappa shape index (κ3) is 1.97. The van der Waals surface area contributed by atoms with Crippen LogP contribution in [0.2, 0.25) is 0 Å². The fraction of sp³-hybridized carbons (Fsp3) is 0.833. The van der Waals surface area contributed by atoms with Gasteiger partial charge in [-0.1, -0.05) is 0 Å². The molecule has 1 aliphatic rings. The van der Waals surface area contributed by atoms with Crippen LogP contribution in [0.4, 0.5) is 0 Å². The Labute approximate surface area is 59.2 Å². The highest BCUT2D eigenvalue weighted by atomic mass is 16.5. The number of carboxylic acids is 1. The third-order valence-electron chi connectivity index (χ3n) is 1.42. The largest absolute Gasteiger partial charge is 0.479 e. The normalized spacial score (nSPS) is 27.4. The van der Waals surface area contributed by atoms with E-state index in [-0.39, 0.29) is 0 Å². The van der Waals surface area contributed by atoms with Gasteiger partial charge in [-0.05, 0) is 13.0 Å². The van der Waals surface area contributed by atoms with Gasteiger partial charge in [-0.15, -0.1) is 0 Å². The van der Waals surface area contributed by atoms with E-state index in [1.807, 2.05) is 0 Å². The van der Waals surface area contributed by atoms with E-state index in [9.17, 15) is 4.79 Å². The summed E-state index contributed by atoms with van der Waals surface area (Å²) in [6.07, 6.45) is 0.242. The Kier molecular flexibility index (Phi) is 2.65. The van der Waals surface area contributed by atoms with Crippen LogP contribution in [-0.4, -0.2) is 36.9 Å². The van der Waals surface area contributed by atoms with Crippen molar-refractivity contribution < 1.29 is 14.6 Å². The predicted octanol–water partition coefficient (Wildman–Crippen LogP) is -0.551. The molecule has 0 aliphatic carbocycles. The number of rotatable bonds is 1. The number of carbonyl (C=O) groups is 1. The van der Waals surface area contributed by atoms with Crippen LogP contribution in [0.1, 0.15) is 6.42 Å². The number of hydrogen-bond acceptors (Lipinski definition) is 3. The van der Waals surface area contributed by atoms with Crippen molar-refractivity contribution in [1.82, 2.24) is 5.32 Å². The molecule has 0 aromatic rings. The van der Waals surface area contributed by atoms with Gasteiger partial charge in [-0.25, -0.2) is 4.79 Å². The van der Waals surface area contributed by atoms with Gasteiger partial charge in [-0.3, -0.25) is 0 Å². The van der Waals surface area contributed by atoms with E-state index in [2.05, 4.69) is 5.32 Å². The molecule has 1 fully saturated rings. The quantitative estimate of drug-likeness (QED) is 0.519.